The third-order valence-electron chi connectivity index (χ3n) is 14.5. The first kappa shape index (κ1) is 37.6. The van der Waals surface area contributed by atoms with Gasteiger partial charge in [-0.25, -0.2) is 9.97 Å². The second-order valence-electron chi connectivity index (χ2n) is 18.0. The number of nitrogens with zero attached hydrogens (tertiary/aromatic N) is 3. The molecule has 13 aromatic rings. The lowest BCUT2D eigenvalue weighted by Crippen LogP contribution is -2.26. The summed E-state index contributed by atoms with van der Waals surface area (Å²) in [4.78, 5) is 13.3. The van der Waals surface area contributed by atoms with Crippen LogP contribution in [0.5, 0.6) is 0 Å². The highest BCUT2D eigenvalue weighted by molar-refractivity contribution is 7.26. The first-order valence-corrected chi connectivity index (χ1v) is 24.0. The molecule has 0 saturated carbocycles. The van der Waals surface area contributed by atoms with Gasteiger partial charge in [0.05, 0.1) is 21.3 Å². The third-order valence-corrected chi connectivity index (χ3v) is 15.6. The first-order chi connectivity index (χ1) is 33.7. The second-order valence-corrected chi connectivity index (χ2v) is 19.0. The van der Waals surface area contributed by atoms with Gasteiger partial charge in [-0.05, 0) is 98.4 Å². The Hall–Kier alpha value is -8.64. The molecule has 68 heavy (non-hydrogen) atoms. The van der Waals surface area contributed by atoms with Gasteiger partial charge in [-0.2, -0.15) is 0 Å². The highest BCUT2D eigenvalue weighted by Gasteiger charge is 2.51. The molecule has 0 fully saturated rings. The summed E-state index contributed by atoms with van der Waals surface area (Å²) >= 11 is 1.75. The predicted molar refractivity (Wildman–Crippen MR) is 282 cm³/mol. The van der Waals surface area contributed by atoms with Crippen molar-refractivity contribution in [3.8, 4) is 44.9 Å². The van der Waals surface area contributed by atoms with Gasteiger partial charge in [-0.1, -0.05) is 170 Å². The molecular formula is C63H37N3OS. The van der Waals surface area contributed by atoms with Crippen molar-refractivity contribution in [3.63, 3.8) is 0 Å². The van der Waals surface area contributed by atoms with Crippen LogP contribution in [0, 0.1) is 0 Å². The van der Waals surface area contributed by atoms with Gasteiger partial charge in [-0.15, -0.1) is 11.3 Å². The van der Waals surface area contributed by atoms with Crippen molar-refractivity contribution in [2.24, 2.45) is 0 Å². The molecule has 0 unspecified atom stereocenters. The quantitative estimate of drug-likeness (QED) is 0.173. The molecule has 5 heteroatoms. The van der Waals surface area contributed by atoms with Crippen LogP contribution in [0.25, 0.3) is 97.9 Å². The van der Waals surface area contributed by atoms with E-state index in [1.54, 1.807) is 11.3 Å². The molecule has 2 aliphatic rings. The van der Waals surface area contributed by atoms with Crippen molar-refractivity contribution < 1.29 is 4.42 Å². The van der Waals surface area contributed by atoms with E-state index in [-0.39, 0.29) is 0 Å². The van der Waals surface area contributed by atoms with Gasteiger partial charge < -0.3 is 9.32 Å². The van der Waals surface area contributed by atoms with Crippen LogP contribution in [0.4, 0.5) is 17.1 Å². The normalized spacial score (nSPS) is 13.1. The molecule has 2 aliphatic carbocycles. The van der Waals surface area contributed by atoms with Crippen molar-refractivity contribution in [2.45, 2.75) is 5.41 Å². The summed E-state index contributed by atoms with van der Waals surface area (Å²) in [5.41, 5.74) is 18.6. The van der Waals surface area contributed by atoms with Crippen LogP contribution in [0.3, 0.4) is 0 Å². The van der Waals surface area contributed by atoms with E-state index in [9.17, 15) is 0 Å². The van der Waals surface area contributed by atoms with Crippen molar-refractivity contribution in [3.05, 3.63) is 247 Å². The molecule has 10 aromatic carbocycles. The standard InChI is InChI=1S/C63H37N3OS/c1-3-17-38(18-4-1)58-61-59(49-26-12-16-30-56(49)68-61)65-62(64-58)50-35-39-19-7-8-22-43(39)60-57(50)48-34-32-42(37-55(48)67-60)66(40-20-5-2-6-21-40)41-31-33-47-46-25-11-15-29-53(46)63(54(47)36-41)51-27-13-9-23-44(51)45-24-10-14-28-52(45)63/h1-37H. The number of anilines is 3. The molecule has 3 aromatic heterocycles. The zero-order valence-electron chi connectivity index (χ0n) is 36.5. The van der Waals surface area contributed by atoms with Gasteiger partial charge in [0, 0.05) is 60.5 Å². The van der Waals surface area contributed by atoms with Gasteiger partial charge in [0.2, 0.25) is 0 Å². The zero-order chi connectivity index (χ0) is 44.5. The Morgan fingerprint density at radius 1 is 0.426 bits per heavy atom. The summed E-state index contributed by atoms with van der Waals surface area (Å²) in [6, 6.07) is 81.2. The van der Waals surface area contributed by atoms with Gasteiger partial charge >= 0.3 is 0 Å². The third kappa shape index (κ3) is 5.14. The van der Waals surface area contributed by atoms with Gasteiger partial charge in [0.1, 0.15) is 11.2 Å². The maximum Gasteiger partial charge on any atom is 0.161 e. The molecule has 1 spiro atoms. The van der Waals surface area contributed by atoms with Crippen LogP contribution in [-0.2, 0) is 5.41 Å². The number of furan rings is 1. The smallest absolute Gasteiger partial charge is 0.161 e. The van der Waals surface area contributed by atoms with E-state index in [4.69, 9.17) is 14.4 Å². The second kappa shape index (κ2) is 14.2. The lowest BCUT2D eigenvalue weighted by molar-refractivity contribution is 0.673. The van der Waals surface area contributed by atoms with E-state index in [1.165, 1.54) is 49.2 Å². The largest absolute Gasteiger partial charge is 0.455 e. The molecular weight excluding hydrogens is 847 g/mol. The van der Waals surface area contributed by atoms with Crippen LogP contribution in [0.2, 0.25) is 0 Å². The molecule has 4 nitrogen and oxygen atoms in total. The molecule has 316 valence electrons. The first-order valence-electron chi connectivity index (χ1n) is 23.1. The van der Waals surface area contributed by atoms with Crippen LogP contribution in [-0.4, -0.2) is 9.97 Å². The number of thiophene rings is 1. The molecule has 0 amide bonds. The Bertz CT molecular complexity index is 4160. The van der Waals surface area contributed by atoms with E-state index < -0.39 is 5.41 Å². The Balaban J connectivity index is 0.960. The average Bonchev–Trinajstić information content (AvgIpc) is 4.14. The maximum absolute atomic E-state index is 7.14. The minimum atomic E-state index is -0.460. The van der Waals surface area contributed by atoms with Crippen LogP contribution in [0.1, 0.15) is 22.3 Å². The van der Waals surface area contributed by atoms with Gasteiger partial charge in [0.25, 0.3) is 0 Å². The summed E-state index contributed by atoms with van der Waals surface area (Å²) in [6.07, 6.45) is 0. The fourth-order valence-corrected chi connectivity index (χ4v) is 12.8. The predicted octanol–water partition coefficient (Wildman–Crippen LogP) is 17.0. The summed E-state index contributed by atoms with van der Waals surface area (Å²) < 4.78 is 9.42. The highest BCUT2D eigenvalue weighted by Crippen LogP contribution is 2.63. The Morgan fingerprint density at radius 2 is 1.01 bits per heavy atom. The Labute approximate surface area is 395 Å². The minimum absolute atomic E-state index is 0.460. The molecule has 0 N–H and O–H groups in total. The molecule has 15 rings (SSSR count). The number of hydrogen-bond acceptors (Lipinski definition) is 5. The van der Waals surface area contributed by atoms with Crippen molar-refractivity contribution in [1.29, 1.82) is 0 Å². The number of aromatic nitrogens is 2. The lowest BCUT2D eigenvalue weighted by atomic mass is 9.70. The molecule has 0 bridgehead atoms. The van der Waals surface area contributed by atoms with Crippen molar-refractivity contribution in [2.75, 3.05) is 4.90 Å². The summed E-state index contributed by atoms with van der Waals surface area (Å²) in [5.74, 6) is 0.677. The molecule has 0 aliphatic heterocycles. The SMILES string of the molecule is c1ccc(-c2nc(-c3cc4ccccc4c4oc5cc(N(c6ccccc6)c6ccc7c(c6)C6(c8ccccc8-c8ccccc86)c6ccccc6-7)ccc5c34)nc3c2sc2ccccc23)cc1. The summed E-state index contributed by atoms with van der Waals surface area (Å²) in [7, 11) is 0. The van der Waals surface area contributed by atoms with Crippen molar-refractivity contribution >= 4 is 81.4 Å². The fraction of sp³-hybridized carbons (Fsp3) is 0.0159. The highest BCUT2D eigenvalue weighted by atomic mass is 32.1. The maximum atomic E-state index is 7.14. The summed E-state index contributed by atoms with van der Waals surface area (Å²) in [5, 5.41) is 5.28. The van der Waals surface area contributed by atoms with Crippen molar-refractivity contribution in [1.82, 2.24) is 9.97 Å². The summed E-state index contributed by atoms with van der Waals surface area (Å²) in [6.45, 7) is 0. The number of benzene rings is 10. The number of fused-ring (bicyclic) bond motifs is 18. The molecule has 3 heterocycles. The average molecular weight is 884 g/mol. The van der Waals surface area contributed by atoms with E-state index in [2.05, 4.69) is 229 Å². The number of rotatable bonds is 5. The van der Waals surface area contributed by atoms with Gasteiger partial charge in [0.15, 0.2) is 5.82 Å². The minimum Gasteiger partial charge on any atom is -0.455 e. The lowest BCUT2D eigenvalue weighted by Gasteiger charge is -2.32. The fourth-order valence-electron chi connectivity index (χ4n) is 11.7. The molecule has 0 saturated heterocycles. The molecule has 0 atom stereocenters. The Kier molecular flexibility index (Phi) is 7.83. The van der Waals surface area contributed by atoms with E-state index in [1.807, 2.05) is 0 Å². The Morgan fingerprint density at radius 3 is 1.75 bits per heavy atom. The van der Waals surface area contributed by atoms with Crippen LogP contribution >= 0.6 is 11.3 Å². The van der Waals surface area contributed by atoms with E-state index >= 15 is 0 Å². The molecule has 0 radical (unpaired) electrons. The monoisotopic (exact) mass is 883 g/mol. The van der Waals surface area contributed by atoms with E-state index in [0.717, 1.165) is 82.2 Å². The van der Waals surface area contributed by atoms with E-state index in [0.29, 0.717) is 5.82 Å². The number of hydrogen-bond donors (Lipinski definition) is 0. The topological polar surface area (TPSA) is 42.2 Å². The van der Waals surface area contributed by atoms with Crippen LogP contribution in [0.15, 0.2) is 229 Å². The van der Waals surface area contributed by atoms with Crippen LogP contribution < -0.4 is 4.90 Å². The number of para-hydroxylation sites is 1. The van der Waals surface area contributed by atoms with Gasteiger partial charge in [-0.3, -0.25) is 0 Å². The zero-order valence-corrected chi connectivity index (χ0v) is 37.3.